The second kappa shape index (κ2) is 4.28. The van der Waals surface area contributed by atoms with Crippen molar-refractivity contribution < 1.29 is 9.53 Å². The molecule has 0 aromatic carbocycles. The lowest BCUT2D eigenvalue weighted by molar-refractivity contribution is 0.0603. The van der Waals surface area contributed by atoms with Crippen LogP contribution in [-0.4, -0.2) is 22.6 Å². The maximum absolute atomic E-state index is 11.7. The molecule has 3 rings (SSSR count). The molecule has 0 bridgehead atoms. The van der Waals surface area contributed by atoms with Crippen molar-refractivity contribution in [1.29, 1.82) is 0 Å². The maximum atomic E-state index is 11.7. The fraction of sp³-hybridized carbons (Fsp3) is 0.385. The van der Waals surface area contributed by atoms with Gasteiger partial charge in [-0.25, -0.2) is 9.78 Å². The number of hydrogen-bond donors (Lipinski definition) is 0. The van der Waals surface area contributed by atoms with E-state index in [9.17, 15) is 4.79 Å². The summed E-state index contributed by atoms with van der Waals surface area (Å²) in [6, 6.07) is 3.95. The third-order valence-corrected chi connectivity index (χ3v) is 3.72. The van der Waals surface area contributed by atoms with Gasteiger partial charge in [0.15, 0.2) is 0 Å². The van der Waals surface area contributed by atoms with Crippen LogP contribution in [0, 0.1) is 0 Å². The Morgan fingerprint density at radius 1 is 1.56 bits per heavy atom. The van der Waals surface area contributed by atoms with Crippen LogP contribution < -0.4 is 0 Å². The summed E-state index contributed by atoms with van der Waals surface area (Å²) in [5.74, 6) is -0.379. The van der Waals surface area contributed by atoms with E-state index in [2.05, 4.69) is 9.55 Å². The second-order valence-corrected chi connectivity index (χ2v) is 4.92. The summed E-state index contributed by atoms with van der Waals surface area (Å²) in [6.45, 7) is 0. The van der Waals surface area contributed by atoms with Gasteiger partial charge in [-0.3, -0.25) is 0 Å². The van der Waals surface area contributed by atoms with Crippen LogP contribution in [0.5, 0.6) is 0 Å². The molecular formula is C13H13ClN2O2. The Labute approximate surface area is 110 Å². The standard InChI is InChI=1S/C13H13ClN2O2/c1-18-13(17)10-7-11(14)15-12-9(10)5-6-16(12)8-3-2-4-8/h5-8H,2-4H2,1H3. The van der Waals surface area contributed by atoms with Crippen molar-refractivity contribution in [3.63, 3.8) is 0 Å². The van der Waals surface area contributed by atoms with Crippen molar-refractivity contribution in [1.82, 2.24) is 9.55 Å². The van der Waals surface area contributed by atoms with Gasteiger partial charge in [-0.15, -0.1) is 0 Å². The molecule has 0 unspecified atom stereocenters. The van der Waals surface area contributed by atoms with E-state index in [-0.39, 0.29) is 5.97 Å². The van der Waals surface area contributed by atoms with E-state index in [1.165, 1.54) is 13.5 Å². The van der Waals surface area contributed by atoms with Gasteiger partial charge in [0.25, 0.3) is 0 Å². The summed E-state index contributed by atoms with van der Waals surface area (Å²) in [5, 5.41) is 1.13. The lowest BCUT2D eigenvalue weighted by atomic mass is 9.93. The Hall–Kier alpha value is -1.55. The number of ether oxygens (including phenoxy) is 1. The highest BCUT2D eigenvalue weighted by Gasteiger charge is 2.23. The number of nitrogens with zero attached hydrogens (tertiary/aromatic N) is 2. The van der Waals surface area contributed by atoms with Gasteiger partial charge in [0.05, 0.1) is 12.7 Å². The number of carbonyl (C=O) groups excluding carboxylic acids is 1. The Balaban J connectivity index is 2.19. The average Bonchev–Trinajstić information content (AvgIpc) is 2.69. The van der Waals surface area contributed by atoms with Crippen molar-refractivity contribution in [3.05, 3.63) is 29.0 Å². The Morgan fingerprint density at radius 3 is 2.94 bits per heavy atom. The van der Waals surface area contributed by atoms with E-state index in [4.69, 9.17) is 16.3 Å². The number of methoxy groups -OCH3 is 1. The van der Waals surface area contributed by atoms with E-state index in [0.29, 0.717) is 16.8 Å². The highest BCUT2D eigenvalue weighted by atomic mass is 35.5. The van der Waals surface area contributed by atoms with E-state index in [0.717, 1.165) is 23.9 Å². The zero-order chi connectivity index (χ0) is 12.7. The van der Waals surface area contributed by atoms with E-state index >= 15 is 0 Å². The number of hydrogen-bond acceptors (Lipinski definition) is 3. The second-order valence-electron chi connectivity index (χ2n) is 4.53. The van der Waals surface area contributed by atoms with Crippen molar-refractivity contribution in [3.8, 4) is 0 Å². The maximum Gasteiger partial charge on any atom is 0.338 e. The largest absolute Gasteiger partial charge is 0.465 e. The molecule has 0 radical (unpaired) electrons. The van der Waals surface area contributed by atoms with Gasteiger partial charge in [0.2, 0.25) is 0 Å². The zero-order valence-corrected chi connectivity index (χ0v) is 10.8. The molecule has 5 heteroatoms. The minimum absolute atomic E-state index is 0.321. The van der Waals surface area contributed by atoms with Crippen LogP contribution in [0.2, 0.25) is 5.15 Å². The number of pyridine rings is 1. The first-order valence-corrected chi connectivity index (χ1v) is 6.34. The van der Waals surface area contributed by atoms with Gasteiger partial charge < -0.3 is 9.30 Å². The minimum atomic E-state index is -0.379. The van der Waals surface area contributed by atoms with E-state index < -0.39 is 0 Å². The molecule has 2 aromatic rings. The number of halogens is 1. The minimum Gasteiger partial charge on any atom is -0.465 e. The van der Waals surface area contributed by atoms with Crippen molar-refractivity contribution in [2.75, 3.05) is 7.11 Å². The molecule has 1 saturated carbocycles. The number of fused-ring (bicyclic) bond motifs is 1. The normalized spacial score (nSPS) is 15.7. The topological polar surface area (TPSA) is 44.1 Å². The Morgan fingerprint density at radius 2 is 2.33 bits per heavy atom. The van der Waals surface area contributed by atoms with Crippen LogP contribution in [0.15, 0.2) is 18.3 Å². The lowest BCUT2D eigenvalue weighted by Crippen LogP contribution is -2.16. The summed E-state index contributed by atoms with van der Waals surface area (Å²) in [6.07, 6.45) is 5.54. The average molecular weight is 265 g/mol. The zero-order valence-electron chi connectivity index (χ0n) is 10.0. The van der Waals surface area contributed by atoms with E-state index in [1.54, 1.807) is 6.07 Å². The van der Waals surface area contributed by atoms with Crippen LogP contribution in [0.1, 0.15) is 35.7 Å². The molecule has 0 atom stereocenters. The van der Waals surface area contributed by atoms with Crippen LogP contribution in [0.3, 0.4) is 0 Å². The third kappa shape index (κ3) is 1.68. The number of rotatable bonds is 2. The van der Waals surface area contributed by atoms with Crippen LogP contribution in [0.25, 0.3) is 11.0 Å². The van der Waals surface area contributed by atoms with Crippen LogP contribution >= 0.6 is 11.6 Å². The lowest BCUT2D eigenvalue weighted by Gasteiger charge is -2.27. The first kappa shape index (κ1) is 11.5. The molecule has 94 valence electrons. The summed E-state index contributed by atoms with van der Waals surface area (Å²) < 4.78 is 6.88. The highest BCUT2D eigenvalue weighted by molar-refractivity contribution is 6.30. The van der Waals surface area contributed by atoms with Gasteiger partial charge in [-0.1, -0.05) is 11.6 Å². The molecule has 1 fully saturated rings. The SMILES string of the molecule is COC(=O)c1cc(Cl)nc2c1ccn2C1CCC1. The molecule has 0 amide bonds. The molecule has 2 heterocycles. The first-order chi connectivity index (χ1) is 8.70. The fourth-order valence-corrected chi connectivity index (χ4v) is 2.53. The van der Waals surface area contributed by atoms with Gasteiger partial charge in [-0.2, -0.15) is 0 Å². The van der Waals surface area contributed by atoms with Gasteiger partial charge >= 0.3 is 5.97 Å². The molecule has 4 nitrogen and oxygen atoms in total. The summed E-state index contributed by atoms with van der Waals surface area (Å²) >= 11 is 5.99. The number of esters is 1. The van der Waals surface area contributed by atoms with E-state index in [1.807, 2.05) is 12.3 Å². The Bertz CT molecular complexity index is 617. The molecular weight excluding hydrogens is 252 g/mol. The predicted octanol–water partition coefficient (Wildman–Crippen LogP) is 3.20. The monoisotopic (exact) mass is 264 g/mol. The van der Waals surface area contributed by atoms with Gasteiger partial charge in [0.1, 0.15) is 10.8 Å². The molecule has 0 spiro atoms. The third-order valence-electron chi connectivity index (χ3n) is 3.53. The number of aromatic nitrogens is 2. The summed E-state index contributed by atoms with van der Waals surface area (Å²) in [7, 11) is 1.37. The molecule has 18 heavy (non-hydrogen) atoms. The Kier molecular flexibility index (Phi) is 2.74. The molecule has 1 aliphatic rings. The summed E-state index contributed by atoms with van der Waals surface area (Å²) in [4.78, 5) is 16.1. The molecule has 0 N–H and O–H groups in total. The quantitative estimate of drug-likeness (QED) is 0.618. The predicted molar refractivity (Wildman–Crippen MR) is 69.0 cm³/mol. The molecule has 0 saturated heterocycles. The van der Waals surface area contributed by atoms with Gasteiger partial charge in [0, 0.05) is 17.6 Å². The summed E-state index contributed by atoms with van der Waals surface area (Å²) in [5.41, 5.74) is 1.25. The smallest absolute Gasteiger partial charge is 0.338 e. The molecule has 2 aromatic heterocycles. The molecule has 1 aliphatic carbocycles. The highest BCUT2D eigenvalue weighted by Crippen LogP contribution is 2.35. The van der Waals surface area contributed by atoms with Crippen LogP contribution in [-0.2, 0) is 4.74 Å². The van der Waals surface area contributed by atoms with Crippen molar-refractivity contribution in [2.45, 2.75) is 25.3 Å². The molecule has 0 aliphatic heterocycles. The van der Waals surface area contributed by atoms with Crippen molar-refractivity contribution in [2.24, 2.45) is 0 Å². The number of carbonyl (C=O) groups is 1. The fourth-order valence-electron chi connectivity index (χ4n) is 2.34. The first-order valence-electron chi connectivity index (χ1n) is 5.96. The van der Waals surface area contributed by atoms with Gasteiger partial charge in [-0.05, 0) is 31.4 Å². The van der Waals surface area contributed by atoms with Crippen molar-refractivity contribution >= 4 is 28.6 Å². The van der Waals surface area contributed by atoms with Crippen LogP contribution in [0.4, 0.5) is 0 Å².